The lowest BCUT2D eigenvalue weighted by molar-refractivity contribution is 0.318. The summed E-state index contributed by atoms with van der Waals surface area (Å²) in [6, 6.07) is 9.81. The third kappa shape index (κ3) is 3.83. The van der Waals surface area contributed by atoms with E-state index in [0.29, 0.717) is 11.6 Å². The summed E-state index contributed by atoms with van der Waals surface area (Å²) >= 11 is 0. The van der Waals surface area contributed by atoms with Gasteiger partial charge in [0.05, 0.1) is 6.54 Å². The third-order valence-electron chi connectivity index (χ3n) is 3.01. The quantitative estimate of drug-likeness (QED) is 0.319. The Labute approximate surface area is 117 Å². The molecule has 0 bridgehead atoms. The highest BCUT2D eigenvalue weighted by molar-refractivity contribution is 5.97. The Bertz CT molecular complexity index is 565. The van der Waals surface area contributed by atoms with Crippen LogP contribution >= 0.6 is 0 Å². The fraction of sp³-hybridized carbons (Fsp3) is 0.286. The molecule has 0 aliphatic carbocycles. The average molecular weight is 273 g/mol. The normalized spacial score (nSPS) is 13.3. The van der Waals surface area contributed by atoms with Crippen LogP contribution in [0.15, 0.2) is 47.9 Å². The molecule has 0 saturated heterocycles. The predicted molar refractivity (Wildman–Crippen MR) is 77.5 cm³/mol. The Kier molecular flexibility index (Phi) is 4.73. The van der Waals surface area contributed by atoms with Crippen molar-refractivity contribution < 1.29 is 5.21 Å². The summed E-state index contributed by atoms with van der Waals surface area (Å²) in [4.78, 5) is 0. The van der Waals surface area contributed by atoms with Crippen molar-refractivity contribution in [2.75, 3.05) is 0 Å². The highest BCUT2D eigenvalue weighted by Gasteiger charge is 2.04. The molecule has 0 aliphatic heterocycles. The molecule has 20 heavy (non-hydrogen) atoms. The maximum Gasteiger partial charge on any atom is 0.170 e. The van der Waals surface area contributed by atoms with Gasteiger partial charge in [0.15, 0.2) is 5.84 Å². The summed E-state index contributed by atoms with van der Waals surface area (Å²) in [6.45, 7) is 3.64. The van der Waals surface area contributed by atoms with Gasteiger partial charge >= 0.3 is 0 Å². The van der Waals surface area contributed by atoms with Gasteiger partial charge in [-0.05, 0) is 24.6 Å². The zero-order valence-electron chi connectivity index (χ0n) is 11.4. The second kappa shape index (κ2) is 6.72. The lowest BCUT2D eigenvalue weighted by atomic mass is 10.1. The van der Waals surface area contributed by atoms with E-state index >= 15 is 0 Å². The van der Waals surface area contributed by atoms with Crippen LogP contribution in [0, 0.1) is 0 Å². The second-order valence-electron chi connectivity index (χ2n) is 4.70. The smallest absolute Gasteiger partial charge is 0.170 e. The van der Waals surface area contributed by atoms with Gasteiger partial charge in [0.2, 0.25) is 0 Å². The van der Waals surface area contributed by atoms with E-state index in [2.05, 4.69) is 22.5 Å². The van der Waals surface area contributed by atoms with Crippen molar-refractivity contribution >= 4 is 5.84 Å². The summed E-state index contributed by atoms with van der Waals surface area (Å²) in [5.74, 6) is 0.122. The van der Waals surface area contributed by atoms with Crippen molar-refractivity contribution in [2.45, 2.75) is 26.1 Å². The monoisotopic (exact) mass is 273 g/mol. The van der Waals surface area contributed by atoms with Gasteiger partial charge in [0.25, 0.3) is 0 Å². The Balaban J connectivity index is 1.90. The third-order valence-corrected chi connectivity index (χ3v) is 3.01. The number of hydrogen-bond acceptors (Lipinski definition) is 4. The van der Waals surface area contributed by atoms with Crippen LogP contribution < -0.4 is 11.1 Å². The van der Waals surface area contributed by atoms with Gasteiger partial charge in [-0.1, -0.05) is 23.4 Å². The molecule has 1 aromatic heterocycles. The standard InChI is InChI=1S/C14H19N5O/c1-11(10-19-7-3-6-17-19)16-9-12-4-2-5-13(8-12)14(15)18-20/h2-8,11,16,20H,9-10H2,1H3,(H2,15,18). The molecule has 0 fully saturated rings. The SMILES string of the molecule is CC(Cn1cccn1)NCc1cccc(C(N)=NO)c1. The van der Waals surface area contributed by atoms with Crippen molar-refractivity contribution in [3.63, 3.8) is 0 Å². The first-order valence-corrected chi connectivity index (χ1v) is 6.46. The van der Waals surface area contributed by atoms with Crippen molar-refractivity contribution in [3.8, 4) is 0 Å². The van der Waals surface area contributed by atoms with Gasteiger partial charge in [-0.3, -0.25) is 4.68 Å². The number of rotatable bonds is 6. The largest absolute Gasteiger partial charge is 0.409 e. The number of amidine groups is 1. The average Bonchev–Trinajstić information content (AvgIpc) is 2.97. The van der Waals surface area contributed by atoms with E-state index in [1.165, 1.54) is 0 Å². The molecule has 0 radical (unpaired) electrons. The van der Waals surface area contributed by atoms with Gasteiger partial charge in [0.1, 0.15) is 0 Å². The van der Waals surface area contributed by atoms with E-state index in [1.54, 1.807) is 6.20 Å². The van der Waals surface area contributed by atoms with Crippen molar-refractivity contribution in [1.29, 1.82) is 0 Å². The van der Waals surface area contributed by atoms with Crippen LogP contribution in [0.1, 0.15) is 18.1 Å². The van der Waals surface area contributed by atoms with E-state index < -0.39 is 0 Å². The van der Waals surface area contributed by atoms with Gasteiger partial charge in [-0.25, -0.2) is 0 Å². The molecule has 1 heterocycles. The molecule has 106 valence electrons. The number of oxime groups is 1. The second-order valence-corrected chi connectivity index (χ2v) is 4.70. The van der Waals surface area contributed by atoms with Crippen LogP contribution in [0.2, 0.25) is 0 Å². The van der Waals surface area contributed by atoms with Crippen LogP contribution in [-0.2, 0) is 13.1 Å². The van der Waals surface area contributed by atoms with E-state index in [1.807, 2.05) is 41.2 Å². The van der Waals surface area contributed by atoms with Crippen LogP contribution in [-0.4, -0.2) is 26.9 Å². The highest BCUT2D eigenvalue weighted by atomic mass is 16.4. The minimum atomic E-state index is 0.122. The zero-order valence-corrected chi connectivity index (χ0v) is 11.4. The first-order valence-electron chi connectivity index (χ1n) is 6.46. The lowest BCUT2D eigenvalue weighted by Gasteiger charge is -2.14. The van der Waals surface area contributed by atoms with Gasteiger partial charge in [-0.2, -0.15) is 5.10 Å². The van der Waals surface area contributed by atoms with Crippen LogP contribution in [0.25, 0.3) is 0 Å². The minimum absolute atomic E-state index is 0.122. The van der Waals surface area contributed by atoms with E-state index in [0.717, 1.165) is 18.7 Å². The molecule has 1 atom stereocenters. The summed E-state index contributed by atoms with van der Waals surface area (Å²) in [7, 11) is 0. The summed E-state index contributed by atoms with van der Waals surface area (Å²) in [5.41, 5.74) is 7.38. The molecule has 1 unspecified atom stereocenters. The fourth-order valence-corrected chi connectivity index (χ4v) is 1.94. The van der Waals surface area contributed by atoms with E-state index in [4.69, 9.17) is 10.9 Å². The first kappa shape index (κ1) is 14.1. The highest BCUT2D eigenvalue weighted by Crippen LogP contribution is 2.05. The van der Waals surface area contributed by atoms with Crippen LogP contribution in [0.3, 0.4) is 0 Å². The maximum atomic E-state index is 8.68. The Morgan fingerprint density at radius 2 is 2.35 bits per heavy atom. The number of benzene rings is 1. The number of nitrogens with zero attached hydrogens (tertiary/aromatic N) is 3. The molecule has 0 aliphatic rings. The summed E-state index contributed by atoms with van der Waals surface area (Å²) < 4.78 is 1.89. The van der Waals surface area contributed by atoms with Crippen LogP contribution in [0.4, 0.5) is 0 Å². The zero-order chi connectivity index (χ0) is 14.4. The molecule has 6 nitrogen and oxygen atoms in total. The molecule has 2 aromatic rings. The molecular weight excluding hydrogens is 254 g/mol. The Morgan fingerprint density at radius 3 is 3.05 bits per heavy atom. The van der Waals surface area contributed by atoms with E-state index in [9.17, 15) is 0 Å². The molecule has 4 N–H and O–H groups in total. The predicted octanol–water partition coefficient (Wildman–Crippen LogP) is 1.16. The number of nitrogens with two attached hydrogens (primary N) is 1. The van der Waals surface area contributed by atoms with Gasteiger partial charge in [0, 0.05) is 30.5 Å². The Morgan fingerprint density at radius 1 is 1.50 bits per heavy atom. The lowest BCUT2D eigenvalue weighted by Crippen LogP contribution is -2.30. The van der Waals surface area contributed by atoms with Crippen molar-refractivity contribution in [2.24, 2.45) is 10.9 Å². The topological polar surface area (TPSA) is 88.5 Å². The molecule has 0 spiro atoms. The maximum absolute atomic E-state index is 8.68. The summed E-state index contributed by atoms with van der Waals surface area (Å²) in [5, 5.41) is 19.3. The molecule has 0 amide bonds. The summed E-state index contributed by atoms with van der Waals surface area (Å²) in [6.07, 6.45) is 3.71. The van der Waals surface area contributed by atoms with Crippen LogP contribution in [0.5, 0.6) is 0 Å². The van der Waals surface area contributed by atoms with Gasteiger partial charge < -0.3 is 16.3 Å². The minimum Gasteiger partial charge on any atom is -0.409 e. The molecule has 2 rings (SSSR count). The van der Waals surface area contributed by atoms with Crippen molar-refractivity contribution in [1.82, 2.24) is 15.1 Å². The number of aromatic nitrogens is 2. The first-order chi connectivity index (χ1) is 9.69. The molecule has 1 aromatic carbocycles. The van der Waals surface area contributed by atoms with Crippen molar-refractivity contribution in [3.05, 3.63) is 53.9 Å². The Hall–Kier alpha value is -2.34. The molecule has 0 saturated carbocycles. The number of nitrogens with one attached hydrogen (secondary N) is 1. The molecule has 6 heteroatoms. The fourth-order valence-electron chi connectivity index (χ4n) is 1.94. The van der Waals surface area contributed by atoms with E-state index in [-0.39, 0.29) is 5.84 Å². The number of hydrogen-bond donors (Lipinski definition) is 3. The molecular formula is C14H19N5O. The van der Waals surface area contributed by atoms with Gasteiger partial charge in [-0.15, -0.1) is 0 Å².